The molecule has 0 fully saturated rings. The van der Waals surface area contributed by atoms with Gasteiger partial charge < -0.3 is 14.6 Å². The quantitative estimate of drug-likeness (QED) is 0.623. The number of phenolic OH excluding ortho intramolecular Hbond substituents is 1. The summed E-state index contributed by atoms with van der Waals surface area (Å²) in [5.74, 6) is -0.618. The predicted octanol–water partition coefficient (Wildman–Crippen LogP) is 4.21. The Morgan fingerprint density at radius 3 is 2.48 bits per heavy atom. The number of rotatable bonds is 5. The maximum absolute atomic E-state index is 13.6. The number of hydrogen-bond acceptors (Lipinski definition) is 4. The van der Waals surface area contributed by atoms with E-state index in [4.69, 9.17) is 9.47 Å². The molecular weight excluding hydrogens is 367 g/mol. The standard InChI is InChI=1S/C17H14BrFO4/c1-22-16-6-4-11(7-13(16)19)14(20)5-3-10-8-15(21)17(23-2)9-12(10)18/h3-9,21H,1-2H3. The van der Waals surface area contributed by atoms with Gasteiger partial charge in [0, 0.05) is 10.0 Å². The summed E-state index contributed by atoms with van der Waals surface area (Å²) >= 11 is 3.33. The molecular formula is C17H14BrFO4. The van der Waals surface area contributed by atoms with Gasteiger partial charge in [-0.3, -0.25) is 4.79 Å². The molecule has 23 heavy (non-hydrogen) atoms. The van der Waals surface area contributed by atoms with Crippen LogP contribution in [0.4, 0.5) is 4.39 Å². The van der Waals surface area contributed by atoms with Crippen molar-refractivity contribution in [3.8, 4) is 17.2 Å². The fraction of sp³-hybridized carbons (Fsp3) is 0.118. The van der Waals surface area contributed by atoms with Crippen molar-refractivity contribution < 1.29 is 23.8 Å². The normalized spacial score (nSPS) is 10.8. The number of ketones is 1. The Kier molecular flexibility index (Phi) is 5.39. The van der Waals surface area contributed by atoms with E-state index in [0.29, 0.717) is 15.8 Å². The molecule has 0 bridgehead atoms. The number of phenols is 1. The lowest BCUT2D eigenvalue weighted by molar-refractivity contribution is 0.104. The SMILES string of the molecule is COc1cc(Br)c(C=CC(=O)c2ccc(OC)c(F)c2)cc1O. The maximum atomic E-state index is 13.6. The molecule has 0 spiro atoms. The Balaban J connectivity index is 2.25. The lowest BCUT2D eigenvalue weighted by atomic mass is 10.1. The van der Waals surface area contributed by atoms with Crippen molar-refractivity contribution in [1.82, 2.24) is 0 Å². The third-order valence-corrected chi connectivity index (χ3v) is 3.84. The second-order valence-electron chi connectivity index (χ2n) is 4.59. The van der Waals surface area contributed by atoms with Crippen LogP contribution in [0.15, 0.2) is 40.9 Å². The maximum Gasteiger partial charge on any atom is 0.185 e. The number of halogens is 2. The Morgan fingerprint density at radius 1 is 1.17 bits per heavy atom. The Bertz CT molecular complexity index is 771. The minimum Gasteiger partial charge on any atom is -0.504 e. The minimum atomic E-state index is -0.602. The Hall–Kier alpha value is -2.34. The van der Waals surface area contributed by atoms with Crippen LogP contribution >= 0.6 is 15.9 Å². The van der Waals surface area contributed by atoms with Gasteiger partial charge in [-0.25, -0.2) is 4.39 Å². The van der Waals surface area contributed by atoms with Crippen LogP contribution < -0.4 is 9.47 Å². The fourth-order valence-electron chi connectivity index (χ4n) is 1.93. The zero-order chi connectivity index (χ0) is 17.0. The third kappa shape index (κ3) is 3.90. The molecule has 4 nitrogen and oxygen atoms in total. The summed E-state index contributed by atoms with van der Waals surface area (Å²) in [5.41, 5.74) is 0.791. The van der Waals surface area contributed by atoms with E-state index in [-0.39, 0.29) is 22.8 Å². The smallest absolute Gasteiger partial charge is 0.185 e. The molecule has 0 aliphatic rings. The zero-order valence-corrected chi connectivity index (χ0v) is 14.1. The van der Waals surface area contributed by atoms with Crippen LogP contribution in [0.3, 0.4) is 0 Å². The van der Waals surface area contributed by atoms with Crippen molar-refractivity contribution in [3.05, 3.63) is 57.8 Å². The van der Waals surface area contributed by atoms with E-state index in [1.165, 1.54) is 44.6 Å². The fourth-order valence-corrected chi connectivity index (χ4v) is 2.39. The Labute approximate surface area is 141 Å². The van der Waals surface area contributed by atoms with Crippen LogP contribution in [-0.4, -0.2) is 25.1 Å². The highest BCUT2D eigenvalue weighted by molar-refractivity contribution is 9.10. The average molecular weight is 381 g/mol. The Morgan fingerprint density at radius 2 is 1.87 bits per heavy atom. The van der Waals surface area contributed by atoms with Crippen LogP contribution in [0.2, 0.25) is 0 Å². The van der Waals surface area contributed by atoms with E-state index in [0.717, 1.165) is 6.07 Å². The summed E-state index contributed by atoms with van der Waals surface area (Å²) in [5, 5.41) is 9.76. The van der Waals surface area contributed by atoms with Crippen LogP contribution in [0, 0.1) is 5.82 Å². The molecule has 0 radical (unpaired) electrons. The molecule has 6 heteroatoms. The molecule has 1 N–H and O–H groups in total. The van der Waals surface area contributed by atoms with E-state index in [1.54, 1.807) is 6.07 Å². The second-order valence-corrected chi connectivity index (χ2v) is 5.45. The van der Waals surface area contributed by atoms with Gasteiger partial charge in [0.25, 0.3) is 0 Å². The van der Waals surface area contributed by atoms with E-state index < -0.39 is 5.82 Å². The summed E-state index contributed by atoms with van der Waals surface area (Å²) < 4.78 is 24.1. The first-order valence-electron chi connectivity index (χ1n) is 6.58. The second kappa shape index (κ2) is 7.28. The van der Waals surface area contributed by atoms with Gasteiger partial charge in [0.2, 0.25) is 0 Å². The predicted molar refractivity (Wildman–Crippen MR) is 88.7 cm³/mol. The van der Waals surface area contributed by atoms with E-state index in [2.05, 4.69) is 15.9 Å². The number of allylic oxidation sites excluding steroid dienone is 1. The number of carbonyl (C=O) groups excluding carboxylic acids is 1. The molecule has 0 aliphatic carbocycles. The van der Waals surface area contributed by atoms with Crippen molar-refractivity contribution in [2.45, 2.75) is 0 Å². The first-order valence-corrected chi connectivity index (χ1v) is 7.38. The van der Waals surface area contributed by atoms with E-state index >= 15 is 0 Å². The van der Waals surface area contributed by atoms with Crippen molar-refractivity contribution in [2.24, 2.45) is 0 Å². The minimum absolute atomic E-state index is 0.0432. The molecule has 0 saturated heterocycles. The molecule has 0 saturated carbocycles. The summed E-state index contributed by atoms with van der Waals surface area (Å²) in [6.07, 6.45) is 2.82. The third-order valence-electron chi connectivity index (χ3n) is 3.15. The van der Waals surface area contributed by atoms with Gasteiger partial charge >= 0.3 is 0 Å². The van der Waals surface area contributed by atoms with Crippen LogP contribution in [0.1, 0.15) is 15.9 Å². The molecule has 0 unspecified atom stereocenters. The first-order chi connectivity index (χ1) is 11.0. The molecule has 2 aromatic carbocycles. The number of ether oxygens (including phenoxy) is 2. The van der Waals surface area contributed by atoms with Gasteiger partial charge in [0.1, 0.15) is 0 Å². The number of hydrogen-bond donors (Lipinski definition) is 1. The van der Waals surface area contributed by atoms with E-state index in [9.17, 15) is 14.3 Å². The lowest BCUT2D eigenvalue weighted by Gasteiger charge is -2.06. The molecule has 0 amide bonds. The molecule has 0 aliphatic heterocycles. The summed E-state index contributed by atoms with van der Waals surface area (Å²) in [6, 6.07) is 7.04. The van der Waals surface area contributed by atoms with Crippen molar-refractivity contribution in [3.63, 3.8) is 0 Å². The van der Waals surface area contributed by atoms with Crippen LogP contribution in [-0.2, 0) is 0 Å². The lowest BCUT2D eigenvalue weighted by Crippen LogP contribution is -1.97. The van der Waals surface area contributed by atoms with Crippen LogP contribution in [0.25, 0.3) is 6.08 Å². The largest absolute Gasteiger partial charge is 0.504 e. The molecule has 120 valence electrons. The van der Waals surface area contributed by atoms with Crippen LogP contribution in [0.5, 0.6) is 17.2 Å². The average Bonchev–Trinajstić information content (AvgIpc) is 2.54. The van der Waals surface area contributed by atoms with E-state index in [1.807, 2.05) is 0 Å². The van der Waals surface area contributed by atoms with Gasteiger partial charge in [-0.1, -0.05) is 15.9 Å². The summed E-state index contributed by atoms with van der Waals surface area (Å²) in [4.78, 5) is 12.1. The van der Waals surface area contributed by atoms with Crippen molar-refractivity contribution in [2.75, 3.05) is 14.2 Å². The topological polar surface area (TPSA) is 55.8 Å². The van der Waals surface area contributed by atoms with Gasteiger partial charge in [-0.05, 0) is 48.0 Å². The number of benzene rings is 2. The van der Waals surface area contributed by atoms with Crippen molar-refractivity contribution >= 4 is 27.8 Å². The summed E-state index contributed by atoms with van der Waals surface area (Å²) in [6.45, 7) is 0. The number of methoxy groups -OCH3 is 2. The van der Waals surface area contributed by atoms with Gasteiger partial charge in [0.05, 0.1) is 14.2 Å². The highest BCUT2D eigenvalue weighted by Gasteiger charge is 2.09. The molecule has 0 aromatic heterocycles. The van der Waals surface area contributed by atoms with Gasteiger partial charge in [-0.2, -0.15) is 0 Å². The highest BCUT2D eigenvalue weighted by Crippen LogP contribution is 2.33. The van der Waals surface area contributed by atoms with Gasteiger partial charge in [-0.15, -0.1) is 0 Å². The summed E-state index contributed by atoms with van der Waals surface area (Å²) in [7, 11) is 2.80. The number of aromatic hydroxyl groups is 1. The number of carbonyl (C=O) groups is 1. The monoisotopic (exact) mass is 380 g/mol. The molecule has 0 atom stereocenters. The molecule has 2 aromatic rings. The van der Waals surface area contributed by atoms with Gasteiger partial charge in [0.15, 0.2) is 28.8 Å². The highest BCUT2D eigenvalue weighted by atomic mass is 79.9. The molecule has 0 heterocycles. The zero-order valence-electron chi connectivity index (χ0n) is 12.5. The van der Waals surface area contributed by atoms with Crippen molar-refractivity contribution in [1.29, 1.82) is 0 Å². The molecule has 2 rings (SSSR count). The first kappa shape index (κ1) is 17.0.